The highest BCUT2D eigenvalue weighted by atomic mass is 16.5. The van der Waals surface area contributed by atoms with Crippen molar-refractivity contribution < 1.29 is 14.3 Å². The maximum absolute atomic E-state index is 11.6. The molecule has 18 heavy (non-hydrogen) atoms. The van der Waals surface area contributed by atoms with Crippen molar-refractivity contribution in [1.29, 1.82) is 0 Å². The fourth-order valence-electron chi connectivity index (χ4n) is 2.15. The van der Waals surface area contributed by atoms with E-state index in [0.29, 0.717) is 19.3 Å². The van der Waals surface area contributed by atoms with Crippen LogP contribution in [0.5, 0.6) is 0 Å². The minimum atomic E-state index is 0.00968. The Bertz CT molecular complexity index is 215. The standard InChI is InChI=1S/C14H27NO3/c1-2-3-9-17-10-11-18-12-14(16)15-13-7-5-4-6-8-13/h13H,2-12H2,1H3,(H,15,16). The second kappa shape index (κ2) is 10.3. The number of unbranched alkanes of at least 4 members (excludes halogenated alkanes) is 1. The van der Waals surface area contributed by atoms with Gasteiger partial charge in [-0.25, -0.2) is 0 Å². The Morgan fingerprint density at radius 1 is 1.11 bits per heavy atom. The second-order valence-corrected chi connectivity index (χ2v) is 4.92. The lowest BCUT2D eigenvalue weighted by Crippen LogP contribution is -2.38. The number of hydrogen-bond donors (Lipinski definition) is 1. The molecule has 1 fully saturated rings. The van der Waals surface area contributed by atoms with Crippen molar-refractivity contribution in [2.24, 2.45) is 0 Å². The molecule has 1 aliphatic carbocycles. The first-order chi connectivity index (χ1) is 8.83. The van der Waals surface area contributed by atoms with Gasteiger partial charge >= 0.3 is 0 Å². The molecule has 0 spiro atoms. The van der Waals surface area contributed by atoms with Gasteiger partial charge in [0.1, 0.15) is 6.61 Å². The summed E-state index contributed by atoms with van der Waals surface area (Å²) in [6.07, 6.45) is 8.23. The molecule has 1 saturated carbocycles. The van der Waals surface area contributed by atoms with Crippen LogP contribution in [0.1, 0.15) is 51.9 Å². The molecule has 1 rings (SSSR count). The minimum Gasteiger partial charge on any atom is -0.379 e. The molecule has 4 heteroatoms. The lowest BCUT2D eigenvalue weighted by atomic mass is 9.95. The van der Waals surface area contributed by atoms with Gasteiger partial charge in [0.05, 0.1) is 13.2 Å². The van der Waals surface area contributed by atoms with Crippen LogP contribution in [0.3, 0.4) is 0 Å². The number of amides is 1. The zero-order valence-electron chi connectivity index (χ0n) is 11.6. The topological polar surface area (TPSA) is 47.6 Å². The molecule has 0 aromatic carbocycles. The van der Waals surface area contributed by atoms with Crippen molar-refractivity contribution in [3.05, 3.63) is 0 Å². The van der Waals surface area contributed by atoms with E-state index in [1.54, 1.807) is 0 Å². The summed E-state index contributed by atoms with van der Waals surface area (Å²) in [6.45, 7) is 4.16. The fraction of sp³-hybridized carbons (Fsp3) is 0.929. The summed E-state index contributed by atoms with van der Waals surface area (Å²) in [6, 6.07) is 0.371. The molecular formula is C14H27NO3. The Morgan fingerprint density at radius 3 is 2.56 bits per heavy atom. The molecule has 0 radical (unpaired) electrons. The van der Waals surface area contributed by atoms with Crippen LogP contribution in [0.15, 0.2) is 0 Å². The number of ether oxygens (including phenoxy) is 2. The normalized spacial score (nSPS) is 16.7. The highest BCUT2D eigenvalue weighted by Crippen LogP contribution is 2.17. The van der Waals surface area contributed by atoms with Crippen LogP contribution in [-0.2, 0) is 14.3 Å². The number of carbonyl (C=O) groups is 1. The molecule has 4 nitrogen and oxygen atoms in total. The quantitative estimate of drug-likeness (QED) is 0.645. The van der Waals surface area contributed by atoms with E-state index in [4.69, 9.17) is 9.47 Å². The summed E-state index contributed by atoms with van der Waals surface area (Å²) in [4.78, 5) is 11.6. The van der Waals surface area contributed by atoms with Gasteiger partial charge in [0.15, 0.2) is 0 Å². The van der Waals surface area contributed by atoms with Crippen molar-refractivity contribution in [2.75, 3.05) is 26.4 Å². The first-order valence-corrected chi connectivity index (χ1v) is 7.27. The van der Waals surface area contributed by atoms with Crippen LogP contribution in [0.2, 0.25) is 0 Å². The van der Waals surface area contributed by atoms with E-state index >= 15 is 0 Å². The average molecular weight is 257 g/mol. The van der Waals surface area contributed by atoms with Gasteiger partial charge in [-0.3, -0.25) is 4.79 Å². The van der Waals surface area contributed by atoms with Gasteiger partial charge in [0, 0.05) is 12.6 Å². The van der Waals surface area contributed by atoms with E-state index < -0.39 is 0 Å². The van der Waals surface area contributed by atoms with Crippen molar-refractivity contribution in [2.45, 2.75) is 57.9 Å². The number of rotatable bonds is 9. The SMILES string of the molecule is CCCCOCCOCC(=O)NC1CCCCC1. The fourth-order valence-corrected chi connectivity index (χ4v) is 2.15. The Morgan fingerprint density at radius 2 is 1.83 bits per heavy atom. The minimum absolute atomic E-state index is 0.00968. The van der Waals surface area contributed by atoms with Gasteiger partial charge in [-0.15, -0.1) is 0 Å². The predicted molar refractivity (Wildman–Crippen MR) is 71.6 cm³/mol. The molecule has 0 unspecified atom stereocenters. The summed E-state index contributed by atoms with van der Waals surface area (Å²) in [7, 11) is 0. The van der Waals surface area contributed by atoms with E-state index in [2.05, 4.69) is 12.2 Å². The summed E-state index contributed by atoms with van der Waals surface area (Å²) in [5.41, 5.74) is 0. The van der Waals surface area contributed by atoms with Gasteiger partial charge in [-0.1, -0.05) is 32.6 Å². The van der Waals surface area contributed by atoms with Gasteiger partial charge in [0.25, 0.3) is 0 Å². The molecule has 1 N–H and O–H groups in total. The average Bonchev–Trinajstić information content (AvgIpc) is 2.39. The van der Waals surface area contributed by atoms with E-state index in [-0.39, 0.29) is 12.5 Å². The molecule has 1 aliphatic rings. The highest BCUT2D eigenvalue weighted by molar-refractivity contribution is 5.77. The number of nitrogens with one attached hydrogen (secondary N) is 1. The lowest BCUT2D eigenvalue weighted by molar-refractivity contribution is -0.127. The van der Waals surface area contributed by atoms with E-state index in [1.807, 2.05) is 0 Å². The Balaban J connectivity index is 1.90. The monoisotopic (exact) mass is 257 g/mol. The van der Waals surface area contributed by atoms with Gasteiger partial charge in [-0.05, 0) is 19.3 Å². The molecule has 1 amide bonds. The largest absolute Gasteiger partial charge is 0.379 e. The Hall–Kier alpha value is -0.610. The summed E-state index contributed by atoms with van der Waals surface area (Å²) in [5, 5.41) is 3.03. The molecule has 0 bridgehead atoms. The summed E-state index contributed by atoms with van der Waals surface area (Å²) in [5.74, 6) is 0.00968. The van der Waals surface area contributed by atoms with Crippen LogP contribution in [0, 0.1) is 0 Å². The third-order valence-corrected chi connectivity index (χ3v) is 3.22. The lowest BCUT2D eigenvalue weighted by Gasteiger charge is -2.22. The predicted octanol–water partition coefficient (Wildman–Crippen LogP) is 2.27. The van der Waals surface area contributed by atoms with Crippen LogP contribution in [0.25, 0.3) is 0 Å². The molecule has 0 saturated heterocycles. The maximum atomic E-state index is 11.6. The summed E-state index contributed by atoms with van der Waals surface area (Å²) < 4.78 is 10.6. The second-order valence-electron chi connectivity index (χ2n) is 4.92. The summed E-state index contributed by atoms with van der Waals surface area (Å²) >= 11 is 0. The molecular weight excluding hydrogens is 230 g/mol. The third-order valence-electron chi connectivity index (χ3n) is 3.22. The third kappa shape index (κ3) is 7.67. The van der Waals surface area contributed by atoms with Gasteiger partial charge in [0.2, 0.25) is 5.91 Å². The smallest absolute Gasteiger partial charge is 0.246 e. The molecule has 0 aromatic heterocycles. The highest BCUT2D eigenvalue weighted by Gasteiger charge is 2.15. The van der Waals surface area contributed by atoms with Crippen LogP contribution < -0.4 is 5.32 Å². The van der Waals surface area contributed by atoms with Crippen molar-refractivity contribution >= 4 is 5.91 Å². The first kappa shape index (κ1) is 15.4. The molecule has 0 atom stereocenters. The maximum Gasteiger partial charge on any atom is 0.246 e. The molecule has 0 heterocycles. The molecule has 0 aliphatic heterocycles. The number of hydrogen-bond acceptors (Lipinski definition) is 3. The van der Waals surface area contributed by atoms with Crippen molar-refractivity contribution in [1.82, 2.24) is 5.32 Å². The first-order valence-electron chi connectivity index (χ1n) is 7.27. The Kier molecular flexibility index (Phi) is 8.86. The van der Waals surface area contributed by atoms with E-state index in [0.717, 1.165) is 32.3 Å². The molecule has 0 aromatic rings. The van der Waals surface area contributed by atoms with Crippen molar-refractivity contribution in [3.63, 3.8) is 0 Å². The van der Waals surface area contributed by atoms with Crippen LogP contribution in [-0.4, -0.2) is 38.4 Å². The zero-order valence-corrected chi connectivity index (χ0v) is 11.6. The molecule has 106 valence electrons. The Labute approximate surface area is 110 Å². The van der Waals surface area contributed by atoms with Gasteiger partial charge in [-0.2, -0.15) is 0 Å². The zero-order chi connectivity index (χ0) is 13.1. The van der Waals surface area contributed by atoms with E-state index in [9.17, 15) is 4.79 Å². The van der Waals surface area contributed by atoms with Crippen LogP contribution in [0.4, 0.5) is 0 Å². The van der Waals surface area contributed by atoms with Crippen molar-refractivity contribution in [3.8, 4) is 0 Å². The number of carbonyl (C=O) groups excluding carboxylic acids is 1. The van der Waals surface area contributed by atoms with E-state index in [1.165, 1.54) is 19.3 Å². The van der Waals surface area contributed by atoms with Gasteiger partial charge < -0.3 is 14.8 Å². The van der Waals surface area contributed by atoms with Crippen LogP contribution >= 0.6 is 0 Å².